The molecule has 2 unspecified atom stereocenters. The maximum Gasteiger partial charge on any atom is 0.268 e. The van der Waals surface area contributed by atoms with Gasteiger partial charge in [0.15, 0.2) is 11.6 Å². The van der Waals surface area contributed by atoms with E-state index in [0.29, 0.717) is 12.0 Å². The van der Waals surface area contributed by atoms with Gasteiger partial charge in [-0.2, -0.15) is 0 Å². The Labute approximate surface area is 176 Å². The van der Waals surface area contributed by atoms with Crippen molar-refractivity contribution in [2.24, 2.45) is 0 Å². The zero-order valence-electron chi connectivity index (χ0n) is 17.6. The van der Waals surface area contributed by atoms with Crippen LogP contribution in [-0.2, 0) is 4.79 Å². The molecule has 162 valence electrons. The maximum atomic E-state index is 13.3. The fourth-order valence-corrected chi connectivity index (χ4v) is 3.34. The van der Waals surface area contributed by atoms with Gasteiger partial charge in [-0.3, -0.25) is 9.59 Å². The van der Waals surface area contributed by atoms with E-state index in [2.05, 4.69) is 5.32 Å². The minimum absolute atomic E-state index is 0.0130. The molecule has 0 aliphatic carbocycles. The van der Waals surface area contributed by atoms with Crippen LogP contribution in [0.2, 0.25) is 0 Å². The second-order valence-corrected chi connectivity index (χ2v) is 7.75. The van der Waals surface area contributed by atoms with E-state index in [0.717, 1.165) is 18.1 Å². The quantitative estimate of drug-likeness (QED) is 0.412. The molecule has 0 bridgehead atoms. The van der Waals surface area contributed by atoms with E-state index in [9.17, 15) is 23.5 Å². The number of nitrogens with one attached hydrogen (secondary N) is 1. The summed E-state index contributed by atoms with van der Waals surface area (Å²) in [4.78, 5) is 24.7. The van der Waals surface area contributed by atoms with Crippen LogP contribution in [0.15, 0.2) is 54.6 Å². The number of hydrogen-bond donors (Lipinski definition) is 2. The molecule has 2 aromatic rings. The van der Waals surface area contributed by atoms with E-state index >= 15 is 0 Å². The van der Waals surface area contributed by atoms with E-state index < -0.39 is 23.3 Å². The predicted octanol–water partition coefficient (Wildman–Crippen LogP) is 4.66. The van der Waals surface area contributed by atoms with Crippen molar-refractivity contribution in [2.45, 2.75) is 57.6 Å². The number of hydrogen-bond acceptors (Lipinski definition) is 4. The van der Waals surface area contributed by atoms with Gasteiger partial charge >= 0.3 is 0 Å². The number of rotatable bonds is 11. The molecule has 0 radical (unpaired) electrons. The summed E-state index contributed by atoms with van der Waals surface area (Å²) >= 11 is 0. The molecular formula is C24H29F2NO3. The highest BCUT2D eigenvalue weighted by molar-refractivity contribution is 5.96. The third-order valence-electron chi connectivity index (χ3n) is 5.69. The summed E-state index contributed by atoms with van der Waals surface area (Å²) in [6, 6.07) is 17.1. The normalized spacial score (nSPS) is 15.4. The fraction of sp³-hybridized carbons (Fsp3) is 0.417. The van der Waals surface area contributed by atoms with E-state index in [1.54, 1.807) is 19.1 Å². The first kappa shape index (κ1) is 23.8. The summed E-state index contributed by atoms with van der Waals surface area (Å²) in [5.74, 6) is -0.573. The second kappa shape index (κ2) is 10.0. The van der Waals surface area contributed by atoms with Crippen LogP contribution < -0.4 is 5.32 Å². The molecule has 0 aromatic heterocycles. The van der Waals surface area contributed by atoms with E-state index in [-0.39, 0.29) is 25.2 Å². The predicted molar refractivity (Wildman–Crippen MR) is 114 cm³/mol. The Kier molecular flexibility index (Phi) is 7.98. The van der Waals surface area contributed by atoms with Crippen LogP contribution in [0.1, 0.15) is 50.4 Å². The van der Waals surface area contributed by atoms with Gasteiger partial charge in [0.2, 0.25) is 0 Å². The lowest BCUT2D eigenvalue weighted by atomic mass is 9.78. The van der Waals surface area contributed by atoms with Gasteiger partial charge in [0, 0.05) is 18.4 Å². The van der Waals surface area contributed by atoms with Gasteiger partial charge in [-0.15, -0.1) is 0 Å². The molecule has 4 nitrogen and oxygen atoms in total. The van der Waals surface area contributed by atoms with Crippen molar-refractivity contribution in [2.75, 3.05) is 6.54 Å². The Morgan fingerprint density at radius 3 is 2.10 bits per heavy atom. The molecule has 0 heterocycles. The molecular weight excluding hydrogens is 388 g/mol. The first-order valence-corrected chi connectivity index (χ1v) is 10.1. The highest BCUT2D eigenvalue weighted by Crippen LogP contribution is 2.30. The summed E-state index contributed by atoms with van der Waals surface area (Å²) < 4.78 is 26.6. The Hall–Kier alpha value is -2.44. The maximum absolute atomic E-state index is 13.3. The monoisotopic (exact) mass is 417 g/mol. The molecule has 0 aliphatic rings. The summed E-state index contributed by atoms with van der Waals surface area (Å²) in [5, 5.41) is 13.0. The van der Waals surface area contributed by atoms with Crippen molar-refractivity contribution >= 4 is 11.6 Å². The molecule has 0 aliphatic heterocycles. The number of benzene rings is 2. The summed E-state index contributed by atoms with van der Waals surface area (Å²) in [6.07, 6.45) is -2.52. The van der Waals surface area contributed by atoms with Gasteiger partial charge < -0.3 is 10.4 Å². The number of carbonyl (C=O) groups is 2. The first-order chi connectivity index (χ1) is 14.1. The molecule has 0 spiro atoms. The Morgan fingerprint density at radius 1 is 1.00 bits per heavy atom. The summed E-state index contributed by atoms with van der Waals surface area (Å²) in [5.41, 5.74) is -1.67. The number of ketones is 2. The van der Waals surface area contributed by atoms with E-state index in [1.165, 1.54) is 6.92 Å². The number of alkyl halides is 2. The topological polar surface area (TPSA) is 66.4 Å². The fourth-order valence-electron chi connectivity index (χ4n) is 3.34. The van der Waals surface area contributed by atoms with Gasteiger partial charge in [-0.1, -0.05) is 61.5 Å². The highest BCUT2D eigenvalue weighted by atomic mass is 19.3. The van der Waals surface area contributed by atoms with Crippen LogP contribution in [0.5, 0.6) is 0 Å². The molecule has 0 saturated carbocycles. The van der Waals surface area contributed by atoms with Crippen LogP contribution in [0.25, 0.3) is 11.1 Å². The Balaban J connectivity index is 1.95. The van der Waals surface area contributed by atoms with Crippen LogP contribution in [0, 0.1) is 0 Å². The SMILES string of the molecule is CCC(=O)C(C)(NCCCC(=O)c1ccc(-c2ccccc2)cc1)C(C)(O)C(F)F. The average Bonchev–Trinajstić information content (AvgIpc) is 2.76. The largest absolute Gasteiger partial charge is 0.382 e. The highest BCUT2D eigenvalue weighted by Gasteiger charge is 2.53. The lowest BCUT2D eigenvalue weighted by molar-refractivity contribution is -0.158. The van der Waals surface area contributed by atoms with Gasteiger partial charge in [-0.05, 0) is 37.9 Å². The smallest absolute Gasteiger partial charge is 0.268 e. The van der Waals surface area contributed by atoms with Gasteiger partial charge in [0.05, 0.1) is 0 Å². The minimum Gasteiger partial charge on any atom is -0.382 e. The summed E-state index contributed by atoms with van der Waals surface area (Å²) in [6.45, 7) is 3.96. The number of carbonyl (C=O) groups excluding carboxylic acids is 2. The van der Waals surface area contributed by atoms with Gasteiger partial charge in [0.1, 0.15) is 11.1 Å². The van der Waals surface area contributed by atoms with Crippen molar-refractivity contribution in [3.63, 3.8) is 0 Å². The van der Waals surface area contributed by atoms with E-state index in [4.69, 9.17) is 0 Å². The molecule has 2 atom stereocenters. The lowest BCUT2D eigenvalue weighted by Gasteiger charge is -2.41. The molecule has 2 rings (SSSR count). The van der Waals surface area contributed by atoms with Crippen molar-refractivity contribution in [1.82, 2.24) is 5.32 Å². The second-order valence-electron chi connectivity index (χ2n) is 7.75. The number of Topliss-reactive ketones (excluding diaryl/α,β-unsaturated/α-hetero) is 2. The molecule has 2 N–H and O–H groups in total. The van der Waals surface area contributed by atoms with Crippen LogP contribution >= 0.6 is 0 Å². The minimum atomic E-state index is -3.09. The Bertz CT molecular complexity index is 851. The van der Waals surface area contributed by atoms with Crippen LogP contribution in [0.3, 0.4) is 0 Å². The molecule has 30 heavy (non-hydrogen) atoms. The van der Waals surface area contributed by atoms with Crippen molar-refractivity contribution in [3.05, 3.63) is 60.2 Å². The standard InChI is InChI=1S/C24H29F2NO3/c1-4-21(29)23(2,24(3,30)22(25)26)27-16-8-11-20(28)19-14-12-18(13-15-19)17-9-6-5-7-10-17/h5-7,9-10,12-15,22,27,30H,4,8,11,16H2,1-3H3. The number of aliphatic hydroxyl groups is 1. The molecule has 6 heteroatoms. The zero-order valence-corrected chi connectivity index (χ0v) is 17.6. The van der Waals surface area contributed by atoms with Gasteiger partial charge in [0.25, 0.3) is 6.43 Å². The first-order valence-electron chi connectivity index (χ1n) is 10.1. The molecule has 2 aromatic carbocycles. The van der Waals surface area contributed by atoms with Crippen LogP contribution in [-0.4, -0.2) is 40.8 Å². The number of halogens is 2. The zero-order chi connectivity index (χ0) is 22.4. The van der Waals surface area contributed by atoms with Gasteiger partial charge in [-0.25, -0.2) is 8.78 Å². The van der Waals surface area contributed by atoms with Crippen molar-refractivity contribution in [1.29, 1.82) is 0 Å². The lowest BCUT2D eigenvalue weighted by Crippen LogP contribution is -2.67. The average molecular weight is 417 g/mol. The van der Waals surface area contributed by atoms with Crippen molar-refractivity contribution < 1.29 is 23.5 Å². The molecule has 0 fully saturated rings. The summed E-state index contributed by atoms with van der Waals surface area (Å²) in [7, 11) is 0. The molecule has 0 amide bonds. The Morgan fingerprint density at radius 2 is 1.57 bits per heavy atom. The third kappa shape index (κ3) is 5.18. The van der Waals surface area contributed by atoms with Crippen LogP contribution in [0.4, 0.5) is 8.78 Å². The third-order valence-corrected chi connectivity index (χ3v) is 5.69. The van der Waals surface area contributed by atoms with Crippen molar-refractivity contribution in [3.8, 4) is 11.1 Å². The van der Waals surface area contributed by atoms with E-state index in [1.807, 2.05) is 42.5 Å². The molecule has 0 saturated heterocycles.